The van der Waals surface area contributed by atoms with Gasteiger partial charge in [0.05, 0.1) is 5.52 Å². The fourth-order valence-electron chi connectivity index (χ4n) is 7.05. The Kier molecular flexibility index (Phi) is 7.43. The molecule has 0 fully saturated rings. The van der Waals surface area contributed by atoms with Gasteiger partial charge >= 0.3 is 0 Å². The molecule has 1 aliphatic rings. The van der Waals surface area contributed by atoms with Crippen LogP contribution in [0, 0.1) is 13.8 Å². The van der Waals surface area contributed by atoms with E-state index in [1.54, 1.807) is 0 Å². The molecule has 0 N–H and O–H groups in total. The molecule has 0 saturated heterocycles. The molecule has 0 amide bonds. The van der Waals surface area contributed by atoms with E-state index in [0.717, 1.165) is 29.9 Å². The zero-order valence-corrected chi connectivity index (χ0v) is 26.8. The highest BCUT2D eigenvalue weighted by Crippen LogP contribution is 2.43. The first kappa shape index (κ1) is 28.7. The standard InChI is InChI=1S/C44H37N3/c1-32-14-12-22-37(28-32)45(34-16-6-3-7-17-34)39-24-26-43-41(30-39)42-31-40(25-27-44(42)47(43)36-20-10-5-11-21-36)46(35-18-8-4-9-19-35)38-23-13-15-33(2)29-38/h3-24,26,28-31H,25,27H2,1-2H3. The van der Waals surface area contributed by atoms with Crippen LogP contribution in [0.4, 0.5) is 28.4 Å². The Labute approximate surface area is 277 Å². The highest BCUT2D eigenvalue weighted by atomic mass is 15.2. The average Bonchev–Trinajstić information content (AvgIpc) is 3.43. The number of rotatable bonds is 7. The maximum Gasteiger partial charge on any atom is 0.0539 e. The molecule has 0 unspecified atom stereocenters. The highest BCUT2D eigenvalue weighted by Gasteiger charge is 2.26. The molecule has 47 heavy (non-hydrogen) atoms. The van der Waals surface area contributed by atoms with E-state index in [1.165, 1.54) is 56.0 Å². The van der Waals surface area contributed by atoms with E-state index in [-0.39, 0.29) is 0 Å². The second kappa shape index (κ2) is 12.2. The molecule has 1 aliphatic carbocycles. The van der Waals surface area contributed by atoms with Crippen molar-refractivity contribution in [3.05, 3.63) is 186 Å². The lowest BCUT2D eigenvalue weighted by Crippen LogP contribution is -2.19. The summed E-state index contributed by atoms with van der Waals surface area (Å²) >= 11 is 0. The zero-order valence-electron chi connectivity index (χ0n) is 26.8. The van der Waals surface area contributed by atoms with Crippen LogP contribution < -0.4 is 9.80 Å². The summed E-state index contributed by atoms with van der Waals surface area (Å²) in [7, 11) is 0. The molecule has 3 nitrogen and oxygen atoms in total. The van der Waals surface area contributed by atoms with Crippen LogP contribution in [-0.2, 0) is 6.42 Å². The van der Waals surface area contributed by atoms with Crippen LogP contribution in [0.3, 0.4) is 0 Å². The van der Waals surface area contributed by atoms with Crippen molar-refractivity contribution < 1.29 is 0 Å². The zero-order chi connectivity index (χ0) is 31.7. The summed E-state index contributed by atoms with van der Waals surface area (Å²) in [6.07, 6.45) is 4.32. The Morgan fingerprint density at radius 1 is 0.468 bits per heavy atom. The Hall–Kier alpha value is -5.80. The van der Waals surface area contributed by atoms with Crippen molar-refractivity contribution in [2.75, 3.05) is 9.80 Å². The third-order valence-electron chi connectivity index (χ3n) is 9.13. The van der Waals surface area contributed by atoms with E-state index in [9.17, 15) is 0 Å². The summed E-state index contributed by atoms with van der Waals surface area (Å²) in [5.74, 6) is 0. The monoisotopic (exact) mass is 607 g/mol. The number of nitrogens with zero attached hydrogens (tertiary/aromatic N) is 3. The van der Waals surface area contributed by atoms with Crippen molar-refractivity contribution in [3.8, 4) is 5.69 Å². The minimum atomic E-state index is 0.936. The normalized spacial score (nSPS) is 12.4. The van der Waals surface area contributed by atoms with Gasteiger partial charge in [-0.25, -0.2) is 0 Å². The van der Waals surface area contributed by atoms with E-state index in [2.05, 4.69) is 192 Å². The summed E-state index contributed by atoms with van der Waals surface area (Å²) in [6, 6.07) is 56.8. The van der Waals surface area contributed by atoms with Crippen molar-refractivity contribution in [1.29, 1.82) is 0 Å². The molecule has 7 aromatic rings. The molecule has 0 aliphatic heterocycles. The molecule has 0 bridgehead atoms. The van der Waals surface area contributed by atoms with Gasteiger partial charge in [0.2, 0.25) is 0 Å². The molecule has 0 atom stereocenters. The van der Waals surface area contributed by atoms with E-state index < -0.39 is 0 Å². The molecule has 6 aromatic carbocycles. The summed E-state index contributed by atoms with van der Waals surface area (Å²) in [4.78, 5) is 4.81. The fraction of sp³-hybridized carbons (Fsp3) is 0.0909. The van der Waals surface area contributed by atoms with Gasteiger partial charge in [-0.2, -0.15) is 0 Å². The highest BCUT2D eigenvalue weighted by molar-refractivity contribution is 5.98. The minimum absolute atomic E-state index is 0.936. The summed E-state index contributed by atoms with van der Waals surface area (Å²) in [5, 5.41) is 1.25. The molecule has 0 saturated carbocycles. The molecular formula is C44H37N3. The van der Waals surface area contributed by atoms with E-state index in [0.29, 0.717) is 0 Å². The van der Waals surface area contributed by atoms with Crippen molar-refractivity contribution in [2.24, 2.45) is 0 Å². The van der Waals surface area contributed by atoms with Crippen LogP contribution in [0.2, 0.25) is 0 Å². The van der Waals surface area contributed by atoms with Crippen LogP contribution >= 0.6 is 0 Å². The Balaban J connectivity index is 1.36. The predicted molar refractivity (Wildman–Crippen MR) is 199 cm³/mol. The molecule has 1 aromatic heterocycles. The number of fused-ring (bicyclic) bond motifs is 3. The van der Waals surface area contributed by atoms with Gasteiger partial charge in [0.15, 0.2) is 0 Å². The van der Waals surface area contributed by atoms with Crippen LogP contribution in [0.15, 0.2) is 163 Å². The first-order valence-corrected chi connectivity index (χ1v) is 16.4. The lowest BCUT2D eigenvalue weighted by Gasteiger charge is -2.30. The maximum atomic E-state index is 2.47. The SMILES string of the molecule is Cc1cccc(N(C2=Cc3c(n(-c4ccccc4)c4ccc(N(c5ccccc5)c5cccc(C)c5)cc34)CC2)c2ccccc2)c1. The first-order valence-electron chi connectivity index (χ1n) is 16.4. The second-order valence-electron chi connectivity index (χ2n) is 12.4. The summed E-state index contributed by atoms with van der Waals surface area (Å²) in [5.41, 5.74) is 14.6. The first-order chi connectivity index (χ1) is 23.1. The van der Waals surface area contributed by atoms with E-state index >= 15 is 0 Å². The van der Waals surface area contributed by atoms with Gasteiger partial charge < -0.3 is 14.4 Å². The summed E-state index contributed by atoms with van der Waals surface area (Å²) in [6.45, 7) is 4.33. The van der Waals surface area contributed by atoms with Crippen LogP contribution in [-0.4, -0.2) is 4.57 Å². The quantitative estimate of drug-likeness (QED) is 0.179. The molecule has 3 heteroatoms. The number of aryl methyl sites for hydroxylation is 2. The number of aromatic nitrogens is 1. The van der Waals surface area contributed by atoms with Crippen LogP contribution in [0.1, 0.15) is 28.8 Å². The Bertz CT molecular complexity index is 2210. The lowest BCUT2D eigenvalue weighted by atomic mass is 9.97. The third kappa shape index (κ3) is 5.40. The van der Waals surface area contributed by atoms with E-state index in [1.807, 2.05) is 0 Å². The van der Waals surface area contributed by atoms with Gasteiger partial charge in [0, 0.05) is 56.5 Å². The number of allylic oxidation sites excluding steroid dienone is 1. The Morgan fingerprint density at radius 3 is 1.62 bits per heavy atom. The van der Waals surface area contributed by atoms with Gasteiger partial charge in [0.25, 0.3) is 0 Å². The van der Waals surface area contributed by atoms with Crippen molar-refractivity contribution >= 4 is 45.4 Å². The van der Waals surface area contributed by atoms with Gasteiger partial charge in [-0.15, -0.1) is 0 Å². The predicted octanol–water partition coefficient (Wildman–Crippen LogP) is 11.8. The number of hydrogen-bond acceptors (Lipinski definition) is 2. The van der Waals surface area contributed by atoms with Crippen LogP contribution in [0.25, 0.3) is 22.7 Å². The van der Waals surface area contributed by atoms with Crippen molar-refractivity contribution in [1.82, 2.24) is 4.57 Å². The van der Waals surface area contributed by atoms with Crippen molar-refractivity contribution in [3.63, 3.8) is 0 Å². The lowest BCUT2D eigenvalue weighted by molar-refractivity contribution is 0.838. The molecular weight excluding hydrogens is 571 g/mol. The number of hydrogen-bond donors (Lipinski definition) is 0. The average molecular weight is 608 g/mol. The summed E-state index contributed by atoms with van der Waals surface area (Å²) < 4.78 is 2.47. The van der Waals surface area contributed by atoms with Gasteiger partial charge in [-0.05, 0) is 123 Å². The second-order valence-corrected chi connectivity index (χ2v) is 12.4. The van der Waals surface area contributed by atoms with Crippen LogP contribution in [0.5, 0.6) is 0 Å². The van der Waals surface area contributed by atoms with E-state index in [4.69, 9.17) is 0 Å². The van der Waals surface area contributed by atoms with Gasteiger partial charge in [-0.1, -0.05) is 78.9 Å². The Morgan fingerprint density at radius 2 is 1.00 bits per heavy atom. The van der Waals surface area contributed by atoms with Gasteiger partial charge in [-0.3, -0.25) is 0 Å². The number of anilines is 5. The number of para-hydroxylation sites is 3. The molecule has 228 valence electrons. The molecule has 0 radical (unpaired) electrons. The minimum Gasteiger partial charge on any atom is -0.314 e. The largest absolute Gasteiger partial charge is 0.314 e. The molecule has 0 spiro atoms. The topological polar surface area (TPSA) is 11.4 Å². The van der Waals surface area contributed by atoms with Gasteiger partial charge in [0.1, 0.15) is 0 Å². The number of benzene rings is 6. The molecule has 8 rings (SSSR count). The van der Waals surface area contributed by atoms with Crippen molar-refractivity contribution in [2.45, 2.75) is 26.7 Å². The molecule has 1 heterocycles. The maximum absolute atomic E-state index is 2.47. The smallest absolute Gasteiger partial charge is 0.0539 e. The fourth-order valence-corrected chi connectivity index (χ4v) is 7.05. The third-order valence-corrected chi connectivity index (χ3v) is 9.13.